The molecule has 0 atom stereocenters. The molecule has 0 N–H and O–H groups in total. The fourth-order valence-corrected chi connectivity index (χ4v) is 4.87. The first-order valence-electron chi connectivity index (χ1n) is 4.64. The molecule has 1 aromatic rings. The fourth-order valence-electron chi connectivity index (χ4n) is 1.05. The number of rotatable bonds is 3. The quantitative estimate of drug-likeness (QED) is 0.617. The van der Waals surface area contributed by atoms with Gasteiger partial charge in [-0.3, -0.25) is 0 Å². The standard InChI is InChI=1S/C10H13NO3S2/c1-10(2,3)15-16(13,14)9-6-4-8(11-12)5-7-9/h4-7H,1-3H3. The molecule has 0 amide bonds. The van der Waals surface area contributed by atoms with E-state index in [1.165, 1.54) is 24.3 Å². The lowest BCUT2D eigenvalue weighted by atomic mass is 10.3. The second-order valence-electron chi connectivity index (χ2n) is 4.24. The van der Waals surface area contributed by atoms with Gasteiger partial charge in [0, 0.05) is 4.75 Å². The molecule has 0 aliphatic rings. The molecular weight excluding hydrogens is 246 g/mol. The minimum atomic E-state index is -3.37. The maximum atomic E-state index is 11.9. The highest BCUT2D eigenvalue weighted by Crippen LogP contribution is 2.34. The third kappa shape index (κ3) is 3.61. The van der Waals surface area contributed by atoms with E-state index in [2.05, 4.69) is 5.18 Å². The number of nitroso groups, excluding NO2 is 1. The summed E-state index contributed by atoms with van der Waals surface area (Å²) in [5, 5.41) is 2.72. The predicted molar refractivity (Wildman–Crippen MR) is 66.4 cm³/mol. The van der Waals surface area contributed by atoms with E-state index in [0.717, 1.165) is 10.8 Å². The molecule has 16 heavy (non-hydrogen) atoms. The Bertz CT molecular complexity index is 472. The van der Waals surface area contributed by atoms with Crippen molar-refractivity contribution in [1.29, 1.82) is 0 Å². The summed E-state index contributed by atoms with van der Waals surface area (Å²) >= 11 is 0. The maximum Gasteiger partial charge on any atom is 0.230 e. The van der Waals surface area contributed by atoms with Gasteiger partial charge in [0.1, 0.15) is 5.69 Å². The molecule has 0 aliphatic heterocycles. The van der Waals surface area contributed by atoms with Gasteiger partial charge in [0.2, 0.25) is 8.87 Å². The first-order valence-corrected chi connectivity index (χ1v) is 7.45. The van der Waals surface area contributed by atoms with Gasteiger partial charge in [-0.2, -0.15) is 0 Å². The van der Waals surface area contributed by atoms with Crippen LogP contribution in [-0.4, -0.2) is 13.2 Å². The van der Waals surface area contributed by atoms with Crippen LogP contribution < -0.4 is 0 Å². The summed E-state index contributed by atoms with van der Waals surface area (Å²) in [5.74, 6) is 0. The summed E-state index contributed by atoms with van der Waals surface area (Å²) in [6.45, 7) is 5.49. The zero-order valence-electron chi connectivity index (χ0n) is 9.30. The third-order valence-corrected chi connectivity index (χ3v) is 5.90. The first-order chi connectivity index (χ1) is 7.24. The molecule has 0 fully saturated rings. The third-order valence-electron chi connectivity index (χ3n) is 1.59. The van der Waals surface area contributed by atoms with Gasteiger partial charge >= 0.3 is 0 Å². The summed E-state index contributed by atoms with van der Waals surface area (Å²) in [7, 11) is -2.48. The van der Waals surface area contributed by atoms with Crippen molar-refractivity contribution in [3.63, 3.8) is 0 Å². The van der Waals surface area contributed by atoms with E-state index in [1.54, 1.807) is 0 Å². The molecule has 0 aromatic heterocycles. The molecule has 0 aliphatic carbocycles. The molecule has 1 rings (SSSR count). The Labute approximate surface area is 98.7 Å². The van der Waals surface area contributed by atoms with Crippen molar-refractivity contribution in [2.24, 2.45) is 5.18 Å². The summed E-state index contributed by atoms with van der Waals surface area (Å²) in [6.07, 6.45) is 0. The van der Waals surface area contributed by atoms with Crippen molar-refractivity contribution >= 4 is 25.4 Å². The summed E-state index contributed by atoms with van der Waals surface area (Å²) in [5.41, 5.74) is 0.222. The Morgan fingerprint density at radius 1 is 1.12 bits per heavy atom. The Morgan fingerprint density at radius 3 is 2.00 bits per heavy atom. The second-order valence-corrected chi connectivity index (χ2v) is 8.82. The molecule has 0 spiro atoms. The van der Waals surface area contributed by atoms with E-state index < -0.39 is 8.87 Å². The first kappa shape index (κ1) is 13.2. The van der Waals surface area contributed by atoms with Gasteiger partial charge in [0.25, 0.3) is 0 Å². The van der Waals surface area contributed by atoms with Crippen molar-refractivity contribution in [2.45, 2.75) is 30.4 Å². The smallest absolute Gasteiger partial charge is 0.212 e. The largest absolute Gasteiger partial charge is 0.230 e. The normalized spacial score (nSPS) is 12.4. The van der Waals surface area contributed by atoms with Gasteiger partial charge in [-0.15, -0.1) is 4.91 Å². The van der Waals surface area contributed by atoms with E-state index in [4.69, 9.17) is 0 Å². The van der Waals surface area contributed by atoms with Crippen LogP contribution in [0.2, 0.25) is 0 Å². The Hall–Kier alpha value is -0.880. The van der Waals surface area contributed by atoms with Gasteiger partial charge in [-0.25, -0.2) is 8.42 Å². The molecule has 0 saturated heterocycles. The van der Waals surface area contributed by atoms with Crippen LogP contribution in [0.15, 0.2) is 34.3 Å². The zero-order chi connectivity index (χ0) is 12.4. The highest BCUT2D eigenvalue weighted by Gasteiger charge is 2.24. The van der Waals surface area contributed by atoms with Crippen LogP contribution in [0.25, 0.3) is 0 Å². The molecular formula is C10H13NO3S2. The molecule has 0 heterocycles. The molecule has 0 saturated carbocycles. The Morgan fingerprint density at radius 2 is 1.62 bits per heavy atom. The summed E-state index contributed by atoms with van der Waals surface area (Å²) in [6, 6.07) is 5.57. The fraction of sp³-hybridized carbons (Fsp3) is 0.400. The van der Waals surface area contributed by atoms with Crippen LogP contribution in [0.3, 0.4) is 0 Å². The number of hydrogen-bond acceptors (Lipinski definition) is 5. The van der Waals surface area contributed by atoms with Crippen LogP contribution in [0.1, 0.15) is 20.8 Å². The minimum Gasteiger partial charge on any atom is -0.212 e. The van der Waals surface area contributed by atoms with Crippen molar-refractivity contribution in [1.82, 2.24) is 0 Å². The topological polar surface area (TPSA) is 63.6 Å². The molecule has 6 heteroatoms. The van der Waals surface area contributed by atoms with E-state index in [9.17, 15) is 13.3 Å². The maximum absolute atomic E-state index is 11.9. The van der Waals surface area contributed by atoms with Gasteiger partial charge < -0.3 is 0 Å². The predicted octanol–water partition coefficient (Wildman–Crippen LogP) is 3.30. The molecule has 88 valence electrons. The number of benzene rings is 1. The van der Waals surface area contributed by atoms with Gasteiger partial charge in [0.15, 0.2) is 0 Å². The molecule has 4 nitrogen and oxygen atoms in total. The van der Waals surface area contributed by atoms with Gasteiger partial charge in [-0.05, 0) is 61.0 Å². The highest BCUT2D eigenvalue weighted by molar-refractivity contribution is 8.72. The second kappa shape index (κ2) is 4.55. The van der Waals surface area contributed by atoms with Crippen LogP contribution in [-0.2, 0) is 8.87 Å². The monoisotopic (exact) mass is 259 g/mol. The van der Waals surface area contributed by atoms with Crippen LogP contribution in [0.5, 0.6) is 0 Å². The van der Waals surface area contributed by atoms with Crippen molar-refractivity contribution < 1.29 is 8.42 Å². The summed E-state index contributed by atoms with van der Waals surface area (Å²) < 4.78 is 23.4. The van der Waals surface area contributed by atoms with Crippen LogP contribution in [0, 0.1) is 4.91 Å². The number of hydrogen-bond donors (Lipinski definition) is 0. The lowest BCUT2D eigenvalue weighted by Gasteiger charge is -2.16. The minimum absolute atomic E-state index is 0.194. The van der Waals surface area contributed by atoms with Gasteiger partial charge in [0.05, 0.1) is 4.90 Å². The Balaban J connectivity index is 3.03. The van der Waals surface area contributed by atoms with E-state index in [1.807, 2.05) is 20.8 Å². The van der Waals surface area contributed by atoms with E-state index in [0.29, 0.717) is 0 Å². The van der Waals surface area contributed by atoms with Crippen LogP contribution in [0.4, 0.5) is 5.69 Å². The molecule has 1 aromatic carbocycles. The molecule has 0 bridgehead atoms. The van der Waals surface area contributed by atoms with Crippen molar-refractivity contribution in [3.8, 4) is 0 Å². The average molecular weight is 259 g/mol. The Kier molecular flexibility index (Phi) is 3.75. The van der Waals surface area contributed by atoms with Crippen LogP contribution >= 0.6 is 10.8 Å². The SMILES string of the molecule is CC(C)(C)SS(=O)(=O)c1ccc(N=O)cc1. The molecule has 0 unspecified atom stereocenters. The van der Waals surface area contributed by atoms with E-state index >= 15 is 0 Å². The van der Waals surface area contributed by atoms with E-state index in [-0.39, 0.29) is 15.3 Å². The van der Waals surface area contributed by atoms with Gasteiger partial charge in [-0.1, -0.05) is 0 Å². The van der Waals surface area contributed by atoms with Crippen molar-refractivity contribution in [2.75, 3.05) is 0 Å². The molecule has 0 radical (unpaired) electrons. The number of nitrogens with zero attached hydrogens (tertiary/aromatic N) is 1. The lowest BCUT2D eigenvalue weighted by molar-refractivity contribution is 0.609. The average Bonchev–Trinajstić information content (AvgIpc) is 2.14. The zero-order valence-corrected chi connectivity index (χ0v) is 10.9. The summed E-state index contributed by atoms with van der Waals surface area (Å²) in [4.78, 5) is 10.4. The van der Waals surface area contributed by atoms with Crippen molar-refractivity contribution in [3.05, 3.63) is 29.2 Å². The lowest BCUT2D eigenvalue weighted by Crippen LogP contribution is -2.12. The highest BCUT2D eigenvalue weighted by atomic mass is 33.1.